The number of alkyl halides is 5. The van der Waals surface area contributed by atoms with Gasteiger partial charge in [0.2, 0.25) is 10.0 Å². The van der Waals surface area contributed by atoms with Crippen LogP contribution in [0.25, 0.3) is 0 Å². The molecule has 0 saturated carbocycles. The second kappa shape index (κ2) is 4.98. The van der Waals surface area contributed by atoms with Gasteiger partial charge in [-0.25, -0.2) is 22.3 Å². The molecule has 0 bridgehead atoms. The number of hydrogen-bond donors (Lipinski definition) is 2. The van der Waals surface area contributed by atoms with Crippen molar-refractivity contribution in [1.82, 2.24) is 4.98 Å². The molecule has 0 atom stereocenters. The summed E-state index contributed by atoms with van der Waals surface area (Å²) in [7, 11) is -4.83. The van der Waals surface area contributed by atoms with Gasteiger partial charge in [-0.3, -0.25) is 4.98 Å². The molecule has 0 aliphatic carbocycles. The number of nitrogens with zero attached hydrogens (tertiary/aromatic N) is 1. The van der Waals surface area contributed by atoms with E-state index in [2.05, 4.69) is 10.1 Å². The molecule has 0 unspecified atom stereocenters. The van der Waals surface area contributed by atoms with Crippen LogP contribution in [-0.2, 0) is 22.7 Å². The lowest BCUT2D eigenvalue weighted by Crippen LogP contribution is -2.23. The minimum atomic E-state index is -5.19. The number of aromatic nitrogens is 1. The molecular formula is C8H8F5N3O2S. The molecule has 11 heteroatoms. The third kappa shape index (κ3) is 3.16. The average molecular weight is 305 g/mol. The van der Waals surface area contributed by atoms with Crippen LogP contribution >= 0.6 is 0 Å². The number of sulfonamides is 1. The molecule has 1 aromatic heterocycles. The fourth-order valence-corrected chi connectivity index (χ4v) is 2.42. The molecule has 1 aromatic rings. The van der Waals surface area contributed by atoms with Gasteiger partial charge in [0.05, 0.1) is 16.8 Å². The quantitative estimate of drug-likeness (QED) is 0.818. The molecular weight excluding hydrogens is 297 g/mol. The maximum Gasteiger partial charge on any atom is 0.418 e. The molecule has 0 spiro atoms. The largest absolute Gasteiger partial charge is 0.418 e. The molecule has 1 heterocycles. The molecule has 0 aromatic carbocycles. The van der Waals surface area contributed by atoms with Crippen LogP contribution < -0.4 is 10.9 Å². The zero-order chi connectivity index (χ0) is 15.0. The standard InChI is InChI=1S/C8H8F5N3O2S/c9-7(10)5-3(8(11,12)13)2-16-4(1-14)6(5)19(15,17)18/h2,7H,1,14H2,(H2,15,17,18). The normalized spacial score (nSPS) is 13.1. The molecule has 0 aliphatic rings. The number of halogens is 5. The van der Waals surface area contributed by atoms with E-state index in [-0.39, 0.29) is 6.20 Å². The number of nitrogens with two attached hydrogens (primary N) is 2. The SMILES string of the molecule is NCc1ncc(C(F)(F)F)c(C(F)F)c1S(N)(=O)=O. The summed E-state index contributed by atoms with van der Waals surface area (Å²) < 4.78 is 85.7. The molecule has 4 N–H and O–H groups in total. The van der Waals surface area contributed by atoms with Crippen LogP contribution in [0.2, 0.25) is 0 Å². The first-order valence-electron chi connectivity index (χ1n) is 4.60. The van der Waals surface area contributed by atoms with Gasteiger partial charge in [-0.15, -0.1) is 0 Å². The Morgan fingerprint density at radius 1 is 1.32 bits per heavy atom. The van der Waals surface area contributed by atoms with Crippen molar-refractivity contribution in [2.75, 3.05) is 0 Å². The van der Waals surface area contributed by atoms with Gasteiger partial charge >= 0.3 is 6.18 Å². The molecule has 5 nitrogen and oxygen atoms in total. The molecule has 108 valence electrons. The Bertz CT molecular complexity index is 585. The van der Waals surface area contributed by atoms with E-state index in [9.17, 15) is 30.4 Å². The van der Waals surface area contributed by atoms with Crippen LogP contribution in [-0.4, -0.2) is 13.4 Å². The molecule has 0 saturated heterocycles. The Kier molecular flexibility index (Phi) is 4.12. The lowest BCUT2D eigenvalue weighted by Gasteiger charge is -2.17. The van der Waals surface area contributed by atoms with E-state index in [1.54, 1.807) is 0 Å². The highest BCUT2D eigenvalue weighted by molar-refractivity contribution is 7.89. The second-order valence-corrected chi connectivity index (χ2v) is 4.91. The number of hydrogen-bond acceptors (Lipinski definition) is 4. The van der Waals surface area contributed by atoms with E-state index >= 15 is 0 Å². The van der Waals surface area contributed by atoms with Gasteiger partial charge in [0.15, 0.2) is 0 Å². The van der Waals surface area contributed by atoms with Gasteiger partial charge in [0.1, 0.15) is 4.90 Å². The van der Waals surface area contributed by atoms with Crippen LogP contribution in [0.15, 0.2) is 11.1 Å². The highest BCUT2D eigenvalue weighted by atomic mass is 32.2. The van der Waals surface area contributed by atoms with Gasteiger partial charge in [0, 0.05) is 12.7 Å². The number of pyridine rings is 1. The van der Waals surface area contributed by atoms with Gasteiger partial charge < -0.3 is 5.73 Å². The minimum Gasteiger partial charge on any atom is -0.325 e. The monoisotopic (exact) mass is 305 g/mol. The summed E-state index contributed by atoms with van der Waals surface area (Å²) in [5.74, 6) is 0. The summed E-state index contributed by atoms with van der Waals surface area (Å²) in [5.41, 5.74) is 0.831. The van der Waals surface area contributed by atoms with E-state index in [1.807, 2.05) is 0 Å². The van der Waals surface area contributed by atoms with Crippen molar-refractivity contribution < 1.29 is 30.4 Å². The first kappa shape index (κ1) is 15.7. The van der Waals surface area contributed by atoms with Crippen molar-refractivity contribution in [2.24, 2.45) is 10.9 Å². The van der Waals surface area contributed by atoms with Gasteiger partial charge in [-0.1, -0.05) is 0 Å². The lowest BCUT2D eigenvalue weighted by atomic mass is 10.1. The number of primary sulfonamides is 1. The Morgan fingerprint density at radius 2 is 1.84 bits per heavy atom. The van der Waals surface area contributed by atoms with E-state index in [0.29, 0.717) is 0 Å². The third-order valence-corrected chi connectivity index (χ3v) is 3.17. The van der Waals surface area contributed by atoms with Crippen molar-refractivity contribution in [1.29, 1.82) is 0 Å². The van der Waals surface area contributed by atoms with Gasteiger partial charge in [0.25, 0.3) is 6.43 Å². The highest BCUT2D eigenvalue weighted by Crippen LogP contribution is 2.39. The highest BCUT2D eigenvalue weighted by Gasteiger charge is 2.40. The molecule has 0 radical (unpaired) electrons. The van der Waals surface area contributed by atoms with Crippen molar-refractivity contribution >= 4 is 10.0 Å². The summed E-state index contributed by atoms with van der Waals surface area (Å²) in [5, 5.41) is 4.66. The Morgan fingerprint density at radius 3 is 2.16 bits per heavy atom. The van der Waals surface area contributed by atoms with Gasteiger partial charge in [-0.05, 0) is 0 Å². The Hall–Kier alpha value is -1.33. The van der Waals surface area contributed by atoms with E-state index in [1.165, 1.54) is 0 Å². The summed E-state index contributed by atoms with van der Waals surface area (Å²) in [4.78, 5) is 1.76. The molecule has 1 rings (SSSR count). The van der Waals surface area contributed by atoms with E-state index < -0.39 is 50.9 Å². The van der Waals surface area contributed by atoms with Crippen LogP contribution in [0.5, 0.6) is 0 Å². The van der Waals surface area contributed by atoms with Crippen LogP contribution in [0.3, 0.4) is 0 Å². The van der Waals surface area contributed by atoms with Crippen LogP contribution in [0, 0.1) is 0 Å². The zero-order valence-electron chi connectivity index (χ0n) is 9.08. The van der Waals surface area contributed by atoms with E-state index in [4.69, 9.17) is 5.73 Å². The van der Waals surface area contributed by atoms with Crippen LogP contribution in [0.4, 0.5) is 22.0 Å². The molecule has 0 fully saturated rings. The van der Waals surface area contributed by atoms with Crippen molar-refractivity contribution in [3.05, 3.63) is 23.0 Å². The first-order valence-corrected chi connectivity index (χ1v) is 6.14. The lowest BCUT2D eigenvalue weighted by molar-refractivity contribution is -0.140. The average Bonchev–Trinajstić information content (AvgIpc) is 2.24. The second-order valence-electron chi connectivity index (χ2n) is 3.41. The summed E-state index contributed by atoms with van der Waals surface area (Å²) in [6, 6.07) is 0. The van der Waals surface area contributed by atoms with Crippen LogP contribution in [0.1, 0.15) is 23.2 Å². The van der Waals surface area contributed by atoms with Crippen molar-refractivity contribution in [3.63, 3.8) is 0 Å². The maximum absolute atomic E-state index is 12.8. The minimum absolute atomic E-state index is 0.109. The fraction of sp³-hybridized carbons (Fsp3) is 0.375. The predicted molar refractivity (Wildman–Crippen MR) is 53.5 cm³/mol. The third-order valence-electron chi connectivity index (χ3n) is 2.15. The summed E-state index contributed by atoms with van der Waals surface area (Å²) in [6.07, 6.45) is -8.78. The summed E-state index contributed by atoms with van der Waals surface area (Å²) in [6.45, 7) is -0.649. The summed E-state index contributed by atoms with van der Waals surface area (Å²) >= 11 is 0. The molecule has 0 aliphatic heterocycles. The van der Waals surface area contributed by atoms with Gasteiger partial charge in [-0.2, -0.15) is 13.2 Å². The van der Waals surface area contributed by atoms with Crippen molar-refractivity contribution in [2.45, 2.75) is 24.0 Å². The maximum atomic E-state index is 12.8. The van der Waals surface area contributed by atoms with Crippen molar-refractivity contribution in [3.8, 4) is 0 Å². The molecule has 19 heavy (non-hydrogen) atoms. The topological polar surface area (TPSA) is 99.1 Å². The number of rotatable bonds is 3. The van der Waals surface area contributed by atoms with E-state index in [0.717, 1.165) is 0 Å². The Balaban J connectivity index is 3.85. The first-order chi connectivity index (χ1) is 8.50. The smallest absolute Gasteiger partial charge is 0.325 e. The Labute approximate surface area is 104 Å². The molecule has 0 amide bonds. The zero-order valence-corrected chi connectivity index (χ0v) is 9.89. The fourth-order valence-electron chi connectivity index (χ4n) is 1.45. The predicted octanol–water partition coefficient (Wildman–Crippen LogP) is 1.14.